The highest BCUT2D eigenvalue weighted by Gasteiger charge is 2.24. The smallest absolute Gasteiger partial charge is 0.260 e. The Morgan fingerprint density at radius 2 is 2.30 bits per heavy atom. The highest BCUT2D eigenvalue weighted by atomic mass is 19.1. The molecule has 1 N–H and O–H groups in total. The minimum Gasteiger partial charge on any atom is -0.483 e. The van der Waals surface area contributed by atoms with Gasteiger partial charge >= 0.3 is 0 Å². The zero-order valence-corrected chi connectivity index (χ0v) is 12.7. The van der Waals surface area contributed by atoms with Crippen LogP contribution < -0.4 is 10.1 Å². The maximum absolute atomic E-state index is 13.4. The molecular weight excluding hydrogens is 303 g/mol. The summed E-state index contributed by atoms with van der Waals surface area (Å²) in [5, 5.41) is 2.82. The number of halogens is 1. The zero-order chi connectivity index (χ0) is 16.2. The number of carbonyl (C=O) groups excluding carboxylic acids is 2. The van der Waals surface area contributed by atoms with Gasteiger partial charge in [-0.05, 0) is 24.6 Å². The first kappa shape index (κ1) is 15.7. The zero-order valence-electron chi connectivity index (χ0n) is 12.7. The number of fused-ring (bicyclic) bond motifs is 1. The molecular formula is C16H19FN2O4. The maximum Gasteiger partial charge on any atom is 0.260 e. The van der Waals surface area contributed by atoms with E-state index in [2.05, 4.69) is 5.32 Å². The van der Waals surface area contributed by atoms with Gasteiger partial charge in [0.25, 0.3) is 5.91 Å². The molecule has 2 aliphatic rings. The van der Waals surface area contributed by atoms with E-state index in [1.54, 1.807) is 4.90 Å². The Morgan fingerprint density at radius 1 is 1.43 bits per heavy atom. The van der Waals surface area contributed by atoms with Crippen LogP contribution in [-0.4, -0.2) is 49.6 Å². The molecule has 1 aromatic rings. The standard InChI is InChI=1S/C16H19FN2O4/c17-13-1-2-14-12(7-13)8-19(15(20)10-23-14)5-4-18-16(21)11-3-6-22-9-11/h1-2,7,11H,3-6,8-10H2,(H,18,21). The van der Waals surface area contributed by atoms with Crippen LogP contribution in [0.25, 0.3) is 0 Å². The molecule has 2 heterocycles. The monoisotopic (exact) mass is 322 g/mol. The van der Waals surface area contributed by atoms with Crippen LogP contribution in [-0.2, 0) is 20.9 Å². The molecule has 2 aliphatic heterocycles. The topological polar surface area (TPSA) is 67.9 Å². The van der Waals surface area contributed by atoms with E-state index in [9.17, 15) is 14.0 Å². The van der Waals surface area contributed by atoms with Crippen LogP contribution in [0.2, 0.25) is 0 Å². The lowest BCUT2D eigenvalue weighted by molar-refractivity contribution is -0.133. The number of hydrogen-bond acceptors (Lipinski definition) is 4. The summed E-state index contributed by atoms with van der Waals surface area (Å²) in [5.41, 5.74) is 0.631. The molecule has 1 fully saturated rings. The summed E-state index contributed by atoms with van der Waals surface area (Å²) in [7, 11) is 0. The summed E-state index contributed by atoms with van der Waals surface area (Å²) in [4.78, 5) is 25.6. The third kappa shape index (κ3) is 3.79. The minimum absolute atomic E-state index is 0.0486. The molecule has 0 saturated carbocycles. The van der Waals surface area contributed by atoms with Crippen molar-refractivity contribution >= 4 is 11.8 Å². The predicted octanol–water partition coefficient (Wildman–Crippen LogP) is 0.699. The van der Waals surface area contributed by atoms with Gasteiger partial charge in [-0.3, -0.25) is 9.59 Å². The molecule has 6 nitrogen and oxygen atoms in total. The average Bonchev–Trinajstić information content (AvgIpc) is 3.02. The summed E-state index contributed by atoms with van der Waals surface area (Å²) >= 11 is 0. The first-order valence-electron chi connectivity index (χ1n) is 7.68. The molecule has 1 unspecified atom stereocenters. The van der Waals surface area contributed by atoms with Crippen molar-refractivity contribution in [3.05, 3.63) is 29.6 Å². The Bertz CT molecular complexity index is 602. The summed E-state index contributed by atoms with van der Waals surface area (Å²) in [5.74, 6) is -0.175. The Labute approximate surface area is 133 Å². The third-order valence-electron chi connectivity index (χ3n) is 4.07. The van der Waals surface area contributed by atoms with Crippen LogP contribution >= 0.6 is 0 Å². The first-order valence-corrected chi connectivity index (χ1v) is 7.68. The summed E-state index contributed by atoms with van der Waals surface area (Å²) in [6.45, 7) is 1.97. The van der Waals surface area contributed by atoms with Crippen molar-refractivity contribution in [3.8, 4) is 5.75 Å². The summed E-state index contributed by atoms with van der Waals surface area (Å²) in [6, 6.07) is 4.21. The quantitative estimate of drug-likeness (QED) is 0.886. The average molecular weight is 322 g/mol. The van der Waals surface area contributed by atoms with Gasteiger partial charge in [0.2, 0.25) is 5.91 Å². The van der Waals surface area contributed by atoms with Crippen molar-refractivity contribution in [3.63, 3.8) is 0 Å². The molecule has 3 rings (SSSR count). The van der Waals surface area contributed by atoms with Crippen LogP contribution in [0, 0.1) is 11.7 Å². The van der Waals surface area contributed by atoms with Crippen LogP contribution in [0.4, 0.5) is 4.39 Å². The molecule has 1 atom stereocenters. The van der Waals surface area contributed by atoms with Gasteiger partial charge in [-0.15, -0.1) is 0 Å². The van der Waals surface area contributed by atoms with E-state index in [0.717, 1.165) is 6.42 Å². The molecule has 0 spiro atoms. The number of benzene rings is 1. The van der Waals surface area contributed by atoms with Crippen LogP contribution in [0.3, 0.4) is 0 Å². The molecule has 7 heteroatoms. The van der Waals surface area contributed by atoms with Crippen LogP contribution in [0.15, 0.2) is 18.2 Å². The van der Waals surface area contributed by atoms with E-state index in [1.165, 1.54) is 18.2 Å². The fourth-order valence-electron chi connectivity index (χ4n) is 2.74. The number of nitrogens with one attached hydrogen (secondary N) is 1. The van der Waals surface area contributed by atoms with Gasteiger partial charge in [0.1, 0.15) is 11.6 Å². The van der Waals surface area contributed by atoms with Gasteiger partial charge in [-0.2, -0.15) is 0 Å². The lowest BCUT2D eigenvalue weighted by atomic mass is 10.1. The molecule has 1 aromatic carbocycles. The van der Waals surface area contributed by atoms with Crippen molar-refractivity contribution in [2.75, 3.05) is 32.9 Å². The van der Waals surface area contributed by atoms with Crippen molar-refractivity contribution in [2.45, 2.75) is 13.0 Å². The second-order valence-electron chi connectivity index (χ2n) is 5.71. The van der Waals surface area contributed by atoms with Gasteiger partial charge in [-0.1, -0.05) is 0 Å². The van der Waals surface area contributed by atoms with Gasteiger partial charge in [0.05, 0.1) is 12.5 Å². The van der Waals surface area contributed by atoms with Gasteiger partial charge < -0.3 is 19.7 Å². The number of ether oxygens (including phenoxy) is 2. The second kappa shape index (κ2) is 6.95. The van der Waals surface area contributed by atoms with E-state index in [0.29, 0.717) is 37.6 Å². The molecule has 1 saturated heterocycles. The Kier molecular flexibility index (Phi) is 4.76. The van der Waals surface area contributed by atoms with Crippen molar-refractivity contribution in [1.29, 1.82) is 0 Å². The Balaban J connectivity index is 1.56. The molecule has 0 radical (unpaired) electrons. The highest BCUT2D eigenvalue weighted by Crippen LogP contribution is 2.24. The predicted molar refractivity (Wildman–Crippen MR) is 79.2 cm³/mol. The number of nitrogens with zero attached hydrogens (tertiary/aromatic N) is 1. The van der Waals surface area contributed by atoms with Gasteiger partial charge in [-0.25, -0.2) is 4.39 Å². The lowest BCUT2D eigenvalue weighted by Gasteiger charge is -2.20. The van der Waals surface area contributed by atoms with E-state index in [4.69, 9.17) is 9.47 Å². The largest absolute Gasteiger partial charge is 0.483 e. The number of carbonyl (C=O) groups is 2. The molecule has 0 bridgehead atoms. The summed E-state index contributed by atoms with van der Waals surface area (Å²) in [6.07, 6.45) is 0.731. The van der Waals surface area contributed by atoms with Gasteiger partial charge in [0.15, 0.2) is 6.61 Å². The fraction of sp³-hybridized carbons (Fsp3) is 0.500. The van der Waals surface area contributed by atoms with Crippen LogP contribution in [0.1, 0.15) is 12.0 Å². The second-order valence-corrected chi connectivity index (χ2v) is 5.71. The molecule has 124 valence electrons. The molecule has 0 aromatic heterocycles. The summed E-state index contributed by atoms with van der Waals surface area (Å²) < 4.78 is 23.9. The maximum atomic E-state index is 13.4. The van der Waals surface area contributed by atoms with E-state index in [1.807, 2.05) is 0 Å². The van der Waals surface area contributed by atoms with Gasteiger partial charge in [0, 0.05) is 31.8 Å². The molecule has 2 amide bonds. The lowest BCUT2D eigenvalue weighted by Crippen LogP contribution is -2.40. The van der Waals surface area contributed by atoms with E-state index in [-0.39, 0.29) is 36.7 Å². The normalized spacial score (nSPS) is 20.7. The number of hydrogen-bond donors (Lipinski definition) is 1. The van der Waals surface area contributed by atoms with Crippen molar-refractivity contribution in [2.24, 2.45) is 5.92 Å². The van der Waals surface area contributed by atoms with Crippen molar-refractivity contribution < 1.29 is 23.5 Å². The number of rotatable bonds is 4. The van der Waals surface area contributed by atoms with E-state index < -0.39 is 0 Å². The first-order chi connectivity index (χ1) is 11.1. The molecule has 23 heavy (non-hydrogen) atoms. The molecule has 0 aliphatic carbocycles. The fourth-order valence-corrected chi connectivity index (χ4v) is 2.74. The Morgan fingerprint density at radius 3 is 3.09 bits per heavy atom. The highest BCUT2D eigenvalue weighted by molar-refractivity contribution is 5.80. The van der Waals surface area contributed by atoms with E-state index >= 15 is 0 Å². The van der Waals surface area contributed by atoms with Crippen LogP contribution in [0.5, 0.6) is 5.75 Å². The number of amides is 2. The van der Waals surface area contributed by atoms with Crippen molar-refractivity contribution in [1.82, 2.24) is 10.2 Å². The minimum atomic E-state index is -0.365. The Hall–Kier alpha value is -2.15. The SMILES string of the molecule is O=C(NCCN1Cc2cc(F)ccc2OCC1=O)C1CCOC1. The third-order valence-corrected chi connectivity index (χ3v) is 4.07.